The maximum absolute atomic E-state index is 12.2. The zero-order chi connectivity index (χ0) is 8.55. The molecule has 70 valence electrons. The van der Waals surface area contributed by atoms with Gasteiger partial charge in [0, 0.05) is 18.6 Å². The Labute approximate surface area is 73.9 Å². The van der Waals surface area contributed by atoms with Gasteiger partial charge in [-0.1, -0.05) is 6.92 Å². The molecule has 2 saturated heterocycles. The number of halogens is 1. The summed E-state index contributed by atoms with van der Waals surface area (Å²) >= 11 is 0. The van der Waals surface area contributed by atoms with Gasteiger partial charge in [-0.15, -0.1) is 0 Å². The first kappa shape index (κ1) is 8.49. The Bertz CT molecular complexity index is 146. The van der Waals surface area contributed by atoms with E-state index in [0.29, 0.717) is 6.54 Å². The number of alkyl halides is 1. The molecule has 0 radical (unpaired) electrons. The van der Waals surface area contributed by atoms with Crippen LogP contribution in [0.5, 0.6) is 0 Å². The summed E-state index contributed by atoms with van der Waals surface area (Å²) in [5.41, 5.74) is 0. The van der Waals surface area contributed by atoms with Crippen molar-refractivity contribution in [3.05, 3.63) is 0 Å². The van der Waals surface area contributed by atoms with Crippen LogP contribution in [0.15, 0.2) is 0 Å². The topological polar surface area (TPSA) is 3.24 Å². The lowest BCUT2D eigenvalue weighted by Crippen LogP contribution is -2.43. The fraction of sp³-hybridized carbons (Fsp3) is 1.00. The summed E-state index contributed by atoms with van der Waals surface area (Å²) in [5, 5.41) is 0. The van der Waals surface area contributed by atoms with Gasteiger partial charge >= 0.3 is 0 Å². The molecule has 0 spiro atoms. The molecule has 2 aliphatic heterocycles. The highest BCUT2D eigenvalue weighted by Gasteiger charge is 2.38. The van der Waals surface area contributed by atoms with E-state index in [2.05, 4.69) is 11.8 Å². The van der Waals surface area contributed by atoms with E-state index in [9.17, 15) is 4.39 Å². The van der Waals surface area contributed by atoms with Crippen LogP contribution >= 0.6 is 0 Å². The highest BCUT2D eigenvalue weighted by molar-refractivity contribution is 4.93. The van der Waals surface area contributed by atoms with Gasteiger partial charge in [-0.05, 0) is 31.6 Å². The van der Waals surface area contributed by atoms with Crippen LogP contribution in [0.4, 0.5) is 4.39 Å². The van der Waals surface area contributed by atoms with E-state index in [0.717, 1.165) is 18.0 Å². The molecule has 2 heteroatoms. The van der Waals surface area contributed by atoms with Crippen LogP contribution in [0.3, 0.4) is 0 Å². The first-order valence-electron chi connectivity index (χ1n) is 5.13. The van der Waals surface area contributed by atoms with Gasteiger partial charge < -0.3 is 0 Å². The molecule has 0 N–H and O–H groups in total. The van der Waals surface area contributed by atoms with Crippen LogP contribution < -0.4 is 0 Å². The second-order valence-electron chi connectivity index (χ2n) is 4.39. The van der Waals surface area contributed by atoms with Crippen LogP contribution in [0.25, 0.3) is 0 Å². The number of nitrogens with zero attached hydrogens (tertiary/aromatic N) is 1. The van der Waals surface area contributed by atoms with Gasteiger partial charge in [-0.25, -0.2) is 4.39 Å². The molecule has 0 aromatic carbocycles. The molecule has 2 heterocycles. The smallest absolute Gasteiger partial charge is 0.102 e. The normalized spacial score (nSPS) is 42.0. The van der Waals surface area contributed by atoms with Crippen molar-refractivity contribution >= 4 is 0 Å². The first-order valence-corrected chi connectivity index (χ1v) is 5.13. The van der Waals surface area contributed by atoms with Crippen LogP contribution in [0.2, 0.25) is 0 Å². The van der Waals surface area contributed by atoms with E-state index in [1.807, 2.05) is 0 Å². The van der Waals surface area contributed by atoms with Gasteiger partial charge in [-0.3, -0.25) is 4.90 Å². The summed E-state index contributed by atoms with van der Waals surface area (Å²) < 4.78 is 12.2. The molecule has 2 atom stereocenters. The van der Waals surface area contributed by atoms with Gasteiger partial charge in [0.1, 0.15) is 6.67 Å². The van der Waals surface area contributed by atoms with Crippen LogP contribution in [-0.4, -0.2) is 30.2 Å². The van der Waals surface area contributed by atoms with Gasteiger partial charge in [0.25, 0.3) is 0 Å². The van der Waals surface area contributed by atoms with E-state index in [1.165, 1.54) is 25.7 Å². The minimum atomic E-state index is -0.165. The van der Waals surface area contributed by atoms with Gasteiger partial charge in [-0.2, -0.15) is 0 Å². The lowest BCUT2D eigenvalue weighted by atomic mass is 9.92. The third-order valence-corrected chi connectivity index (χ3v) is 3.46. The Morgan fingerprint density at radius 1 is 1.25 bits per heavy atom. The van der Waals surface area contributed by atoms with Crippen molar-refractivity contribution < 1.29 is 4.39 Å². The second-order valence-corrected chi connectivity index (χ2v) is 4.39. The highest BCUT2D eigenvalue weighted by atomic mass is 19.1. The second kappa shape index (κ2) is 3.33. The largest absolute Gasteiger partial charge is 0.295 e. The van der Waals surface area contributed by atoms with Crippen molar-refractivity contribution in [3.8, 4) is 0 Å². The van der Waals surface area contributed by atoms with Crippen molar-refractivity contribution in [1.82, 2.24) is 4.90 Å². The average Bonchev–Trinajstić information content (AvgIpc) is 2.32. The highest BCUT2D eigenvalue weighted by Crippen LogP contribution is 2.37. The van der Waals surface area contributed by atoms with Crippen molar-refractivity contribution in [2.75, 3.05) is 13.2 Å². The van der Waals surface area contributed by atoms with E-state index < -0.39 is 0 Å². The maximum Gasteiger partial charge on any atom is 0.102 e. The Balaban J connectivity index is 1.99. The minimum absolute atomic E-state index is 0.165. The van der Waals surface area contributed by atoms with Crippen LogP contribution in [-0.2, 0) is 0 Å². The first-order chi connectivity index (χ1) is 5.81. The standard InChI is InChI=1S/C10H18FN/c1-8-6-9-2-3-10(7-8)12(9)5-4-11/h8-10H,2-7H2,1H3. The molecule has 2 bridgehead atoms. The Morgan fingerprint density at radius 2 is 1.83 bits per heavy atom. The Hall–Kier alpha value is -0.110. The number of hydrogen-bond acceptors (Lipinski definition) is 1. The average molecular weight is 171 g/mol. The zero-order valence-electron chi connectivity index (χ0n) is 7.80. The lowest BCUT2D eigenvalue weighted by molar-refractivity contribution is 0.102. The SMILES string of the molecule is CC1CC2CCC(C1)N2CCF. The molecule has 0 aliphatic carbocycles. The molecule has 0 saturated carbocycles. The van der Waals surface area contributed by atoms with Crippen LogP contribution in [0.1, 0.15) is 32.6 Å². The van der Waals surface area contributed by atoms with Crippen molar-refractivity contribution in [2.45, 2.75) is 44.7 Å². The number of piperidine rings is 1. The summed E-state index contributed by atoms with van der Waals surface area (Å²) in [6.45, 7) is 2.85. The van der Waals surface area contributed by atoms with Gasteiger partial charge in [0.05, 0.1) is 0 Å². The monoisotopic (exact) mass is 171 g/mol. The van der Waals surface area contributed by atoms with E-state index in [1.54, 1.807) is 0 Å². The van der Waals surface area contributed by atoms with Crippen molar-refractivity contribution in [3.63, 3.8) is 0 Å². The fourth-order valence-corrected chi connectivity index (χ4v) is 3.01. The Kier molecular flexibility index (Phi) is 2.35. The molecule has 2 aliphatic rings. The summed E-state index contributed by atoms with van der Waals surface area (Å²) in [4.78, 5) is 2.40. The van der Waals surface area contributed by atoms with Crippen LogP contribution in [0, 0.1) is 5.92 Å². The quantitative estimate of drug-likeness (QED) is 0.615. The summed E-state index contributed by atoms with van der Waals surface area (Å²) in [6, 6.07) is 1.43. The molecule has 2 unspecified atom stereocenters. The van der Waals surface area contributed by atoms with E-state index >= 15 is 0 Å². The predicted molar refractivity (Wildman–Crippen MR) is 47.9 cm³/mol. The lowest BCUT2D eigenvalue weighted by Gasteiger charge is -2.37. The number of fused-ring (bicyclic) bond motifs is 2. The molecular formula is C10H18FN. The zero-order valence-corrected chi connectivity index (χ0v) is 7.80. The van der Waals surface area contributed by atoms with Gasteiger partial charge in [0.15, 0.2) is 0 Å². The van der Waals surface area contributed by atoms with Crippen molar-refractivity contribution in [2.24, 2.45) is 5.92 Å². The number of rotatable bonds is 2. The third kappa shape index (κ3) is 1.37. The van der Waals surface area contributed by atoms with E-state index in [4.69, 9.17) is 0 Å². The Morgan fingerprint density at radius 3 is 2.33 bits per heavy atom. The number of hydrogen-bond donors (Lipinski definition) is 0. The molecular weight excluding hydrogens is 153 g/mol. The van der Waals surface area contributed by atoms with Crippen molar-refractivity contribution in [1.29, 1.82) is 0 Å². The molecule has 0 amide bonds. The summed E-state index contributed by atoms with van der Waals surface area (Å²) in [5.74, 6) is 0.873. The van der Waals surface area contributed by atoms with E-state index in [-0.39, 0.29) is 6.67 Å². The maximum atomic E-state index is 12.2. The molecule has 2 rings (SSSR count). The summed E-state index contributed by atoms with van der Waals surface area (Å²) in [7, 11) is 0. The molecule has 0 aromatic heterocycles. The fourth-order valence-electron chi connectivity index (χ4n) is 3.01. The third-order valence-electron chi connectivity index (χ3n) is 3.46. The molecule has 2 fully saturated rings. The molecule has 0 aromatic rings. The minimum Gasteiger partial charge on any atom is -0.295 e. The molecule has 1 nitrogen and oxygen atoms in total. The summed E-state index contributed by atoms with van der Waals surface area (Å²) in [6.07, 6.45) is 5.23. The predicted octanol–water partition coefficient (Wildman–Crippen LogP) is 2.22. The molecule has 12 heavy (non-hydrogen) atoms. The van der Waals surface area contributed by atoms with Gasteiger partial charge in [0.2, 0.25) is 0 Å².